The molecule has 0 fully saturated rings. The quantitative estimate of drug-likeness (QED) is 0.600. The van der Waals surface area contributed by atoms with Crippen LogP contribution in [0.15, 0.2) is 46.9 Å². The van der Waals surface area contributed by atoms with Gasteiger partial charge in [0, 0.05) is 10.9 Å². The number of benzene rings is 2. The summed E-state index contributed by atoms with van der Waals surface area (Å²) in [7, 11) is 1.59. The highest BCUT2D eigenvalue weighted by Crippen LogP contribution is 2.36. The van der Waals surface area contributed by atoms with Gasteiger partial charge in [0.25, 0.3) is 0 Å². The van der Waals surface area contributed by atoms with E-state index in [0.717, 1.165) is 15.4 Å². The molecular formula is C16H10BrClFNO. The number of aromatic nitrogens is 1. The second-order valence-corrected chi connectivity index (χ2v) is 5.67. The lowest BCUT2D eigenvalue weighted by atomic mass is 10.1. The van der Waals surface area contributed by atoms with Crippen LogP contribution in [0.25, 0.3) is 22.2 Å². The molecule has 0 aliphatic heterocycles. The van der Waals surface area contributed by atoms with Crippen LogP contribution >= 0.6 is 27.5 Å². The van der Waals surface area contributed by atoms with Crippen molar-refractivity contribution >= 4 is 38.4 Å². The van der Waals surface area contributed by atoms with Gasteiger partial charge in [0.15, 0.2) is 0 Å². The van der Waals surface area contributed by atoms with Crippen LogP contribution in [0.2, 0.25) is 5.02 Å². The van der Waals surface area contributed by atoms with Crippen molar-refractivity contribution in [3.05, 3.63) is 57.8 Å². The molecule has 0 aliphatic rings. The highest BCUT2D eigenvalue weighted by atomic mass is 79.9. The summed E-state index contributed by atoms with van der Waals surface area (Å²) in [4.78, 5) is 4.61. The maximum absolute atomic E-state index is 13.0. The third-order valence-corrected chi connectivity index (χ3v) is 4.27. The first-order valence-corrected chi connectivity index (χ1v) is 7.36. The smallest absolute Gasteiger partial charge is 0.135 e. The summed E-state index contributed by atoms with van der Waals surface area (Å²) in [5.74, 6) is 0.399. The molecule has 2 aromatic carbocycles. The zero-order chi connectivity index (χ0) is 15.0. The second kappa shape index (κ2) is 5.62. The molecular weight excluding hydrogens is 357 g/mol. The predicted octanol–water partition coefficient (Wildman–Crippen LogP) is 5.47. The third-order valence-electron chi connectivity index (χ3n) is 3.19. The van der Waals surface area contributed by atoms with E-state index < -0.39 is 0 Å². The number of hydrogen-bond donors (Lipinski definition) is 0. The van der Waals surface area contributed by atoms with Crippen molar-refractivity contribution in [3.8, 4) is 17.0 Å². The lowest BCUT2D eigenvalue weighted by Crippen LogP contribution is -1.91. The minimum Gasteiger partial charge on any atom is -0.495 e. The molecule has 2 nitrogen and oxygen atoms in total. The van der Waals surface area contributed by atoms with Crippen molar-refractivity contribution in [3.63, 3.8) is 0 Å². The Labute approximate surface area is 134 Å². The SMILES string of the molecule is COc1ccc2c(Cl)cc(-c3ccc(F)cc3)nc2c1Br. The minimum absolute atomic E-state index is 0.284. The average molecular weight is 367 g/mol. The summed E-state index contributed by atoms with van der Waals surface area (Å²) < 4.78 is 19.0. The van der Waals surface area contributed by atoms with Gasteiger partial charge < -0.3 is 4.74 Å². The highest BCUT2D eigenvalue weighted by molar-refractivity contribution is 9.10. The summed E-state index contributed by atoms with van der Waals surface area (Å²) in [6, 6.07) is 11.6. The summed E-state index contributed by atoms with van der Waals surface area (Å²) in [5, 5.41) is 1.41. The number of fused-ring (bicyclic) bond motifs is 1. The molecule has 0 unspecified atom stereocenters. The first-order valence-electron chi connectivity index (χ1n) is 6.19. The molecule has 21 heavy (non-hydrogen) atoms. The Morgan fingerprint density at radius 3 is 2.52 bits per heavy atom. The van der Waals surface area contributed by atoms with Gasteiger partial charge in [0.05, 0.1) is 27.8 Å². The molecule has 1 aromatic heterocycles. The number of rotatable bonds is 2. The van der Waals surface area contributed by atoms with E-state index in [9.17, 15) is 4.39 Å². The largest absolute Gasteiger partial charge is 0.495 e. The fourth-order valence-corrected chi connectivity index (χ4v) is 2.98. The molecule has 1 heterocycles. The minimum atomic E-state index is -0.284. The molecule has 0 radical (unpaired) electrons. The number of hydrogen-bond acceptors (Lipinski definition) is 2. The van der Waals surface area contributed by atoms with Crippen molar-refractivity contribution in [2.75, 3.05) is 7.11 Å². The van der Waals surface area contributed by atoms with Crippen LogP contribution < -0.4 is 4.74 Å². The van der Waals surface area contributed by atoms with Crippen LogP contribution in [0.5, 0.6) is 5.75 Å². The van der Waals surface area contributed by atoms with E-state index in [2.05, 4.69) is 20.9 Å². The van der Waals surface area contributed by atoms with Crippen LogP contribution in [0.1, 0.15) is 0 Å². The van der Waals surface area contributed by atoms with Gasteiger partial charge in [-0.1, -0.05) is 11.6 Å². The number of ether oxygens (including phenoxy) is 1. The molecule has 0 atom stereocenters. The Balaban J connectivity index is 2.26. The van der Waals surface area contributed by atoms with E-state index >= 15 is 0 Å². The molecule has 106 valence electrons. The van der Waals surface area contributed by atoms with Crippen LogP contribution in [0, 0.1) is 5.82 Å². The average Bonchev–Trinajstić information content (AvgIpc) is 2.49. The van der Waals surface area contributed by atoms with E-state index in [-0.39, 0.29) is 5.82 Å². The maximum atomic E-state index is 13.0. The Morgan fingerprint density at radius 1 is 1.14 bits per heavy atom. The summed E-state index contributed by atoms with van der Waals surface area (Å²) >= 11 is 9.82. The first kappa shape index (κ1) is 14.3. The molecule has 0 bridgehead atoms. The second-order valence-electron chi connectivity index (χ2n) is 4.47. The summed E-state index contributed by atoms with van der Waals surface area (Å²) in [6.07, 6.45) is 0. The van der Waals surface area contributed by atoms with Crippen molar-refractivity contribution in [2.45, 2.75) is 0 Å². The molecule has 0 spiro atoms. The van der Waals surface area contributed by atoms with E-state index in [1.165, 1.54) is 12.1 Å². The molecule has 0 saturated heterocycles. The first-order chi connectivity index (χ1) is 10.1. The van der Waals surface area contributed by atoms with Gasteiger partial charge in [0.1, 0.15) is 11.6 Å². The number of methoxy groups -OCH3 is 1. The Kier molecular flexibility index (Phi) is 3.83. The molecule has 0 N–H and O–H groups in total. The maximum Gasteiger partial charge on any atom is 0.135 e. The predicted molar refractivity (Wildman–Crippen MR) is 86.4 cm³/mol. The van der Waals surface area contributed by atoms with Gasteiger partial charge in [-0.3, -0.25) is 0 Å². The fourth-order valence-electron chi connectivity index (χ4n) is 2.12. The van der Waals surface area contributed by atoms with E-state index in [1.54, 1.807) is 25.3 Å². The van der Waals surface area contributed by atoms with Crippen molar-refractivity contribution < 1.29 is 9.13 Å². The molecule has 0 saturated carbocycles. The van der Waals surface area contributed by atoms with Gasteiger partial charge in [-0.05, 0) is 58.4 Å². The Morgan fingerprint density at radius 2 is 1.86 bits per heavy atom. The van der Waals surface area contributed by atoms with Gasteiger partial charge in [0.2, 0.25) is 0 Å². The fraction of sp³-hybridized carbons (Fsp3) is 0.0625. The van der Waals surface area contributed by atoms with Crippen molar-refractivity contribution in [1.82, 2.24) is 4.98 Å². The van der Waals surface area contributed by atoms with Crippen LogP contribution in [0.3, 0.4) is 0 Å². The van der Waals surface area contributed by atoms with Gasteiger partial charge in [-0.2, -0.15) is 0 Å². The molecule has 3 rings (SSSR count). The van der Waals surface area contributed by atoms with Crippen LogP contribution in [-0.2, 0) is 0 Å². The monoisotopic (exact) mass is 365 g/mol. The summed E-state index contributed by atoms with van der Waals surface area (Å²) in [6.45, 7) is 0. The lowest BCUT2D eigenvalue weighted by molar-refractivity contribution is 0.413. The number of halogens is 3. The number of nitrogens with zero attached hydrogens (tertiary/aromatic N) is 1. The molecule has 5 heteroatoms. The van der Waals surface area contributed by atoms with E-state index in [4.69, 9.17) is 16.3 Å². The Bertz CT molecular complexity index is 821. The van der Waals surface area contributed by atoms with Gasteiger partial charge >= 0.3 is 0 Å². The van der Waals surface area contributed by atoms with Gasteiger partial charge in [-0.25, -0.2) is 9.37 Å². The zero-order valence-corrected chi connectivity index (χ0v) is 13.4. The van der Waals surface area contributed by atoms with E-state index in [1.807, 2.05) is 12.1 Å². The normalized spacial score (nSPS) is 10.9. The van der Waals surface area contributed by atoms with Gasteiger partial charge in [-0.15, -0.1) is 0 Å². The third kappa shape index (κ3) is 2.61. The molecule has 0 aliphatic carbocycles. The highest BCUT2D eigenvalue weighted by Gasteiger charge is 2.12. The van der Waals surface area contributed by atoms with Crippen LogP contribution in [0.4, 0.5) is 4.39 Å². The lowest BCUT2D eigenvalue weighted by Gasteiger charge is -2.10. The van der Waals surface area contributed by atoms with Crippen LogP contribution in [-0.4, -0.2) is 12.1 Å². The molecule has 0 amide bonds. The number of pyridine rings is 1. The van der Waals surface area contributed by atoms with E-state index in [0.29, 0.717) is 22.0 Å². The topological polar surface area (TPSA) is 22.1 Å². The summed E-state index contributed by atoms with van der Waals surface area (Å²) in [5.41, 5.74) is 2.19. The molecule has 3 aromatic rings. The van der Waals surface area contributed by atoms with Crippen molar-refractivity contribution in [1.29, 1.82) is 0 Å². The standard InChI is InChI=1S/C16H10BrClFNO/c1-21-14-7-6-11-12(18)8-13(20-16(11)15(14)17)9-2-4-10(19)5-3-9/h2-8H,1H3. The van der Waals surface area contributed by atoms with Crippen molar-refractivity contribution in [2.24, 2.45) is 0 Å². The zero-order valence-electron chi connectivity index (χ0n) is 11.0. The Hall–Kier alpha value is -1.65.